The Morgan fingerprint density at radius 1 is 1.31 bits per heavy atom. The number of Topliss-reactive ketones (excluding diaryl/α,β-unsaturated/α-hetero) is 1. The summed E-state index contributed by atoms with van der Waals surface area (Å²) in [5.74, 6) is -0.455. The predicted molar refractivity (Wildman–Crippen MR) is 97.0 cm³/mol. The van der Waals surface area contributed by atoms with Crippen molar-refractivity contribution in [2.24, 2.45) is 0 Å². The summed E-state index contributed by atoms with van der Waals surface area (Å²) in [7, 11) is 0. The number of hydrogen-bond donors (Lipinski definition) is 1. The van der Waals surface area contributed by atoms with Crippen LogP contribution in [0.5, 0.6) is 0 Å². The highest BCUT2D eigenvalue weighted by Gasteiger charge is 2.50. The van der Waals surface area contributed by atoms with Gasteiger partial charge in [-0.15, -0.1) is 5.10 Å². The second-order valence-electron chi connectivity index (χ2n) is 6.58. The van der Waals surface area contributed by atoms with Gasteiger partial charge in [-0.1, -0.05) is 54.9 Å². The van der Waals surface area contributed by atoms with Crippen LogP contribution in [0.3, 0.4) is 0 Å². The summed E-state index contributed by atoms with van der Waals surface area (Å²) in [6.45, 7) is 2.01. The first-order chi connectivity index (χ1) is 12.6. The summed E-state index contributed by atoms with van der Waals surface area (Å²) in [5, 5.41) is 8.25. The fourth-order valence-electron chi connectivity index (χ4n) is 3.71. The average Bonchev–Trinajstić information content (AvgIpc) is 3.29. The zero-order chi connectivity index (χ0) is 18.1. The van der Waals surface area contributed by atoms with Gasteiger partial charge in [0.1, 0.15) is 0 Å². The Hall–Kier alpha value is -2.35. The van der Waals surface area contributed by atoms with Crippen LogP contribution in [0.2, 0.25) is 0 Å². The Morgan fingerprint density at radius 3 is 2.73 bits per heavy atom. The number of hydrogen-bond acceptors (Lipinski definition) is 7. The van der Waals surface area contributed by atoms with E-state index in [0.29, 0.717) is 10.6 Å². The third-order valence-corrected chi connectivity index (χ3v) is 6.44. The number of thioether (sulfide) groups is 1. The van der Waals surface area contributed by atoms with E-state index in [1.54, 1.807) is 6.92 Å². The molecule has 1 aromatic heterocycles. The predicted octanol–water partition coefficient (Wildman–Crippen LogP) is 2.67. The third-order valence-electron chi connectivity index (χ3n) is 4.95. The summed E-state index contributed by atoms with van der Waals surface area (Å²) in [6, 6.07) is 9.30. The third kappa shape index (κ3) is 2.78. The van der Waals surface area contributed by atoms with Gasteiger partial charge in [0.25, 0.3) is 0 Å². The number of nitrogens with zero attached hydrogens (tertiary/aromatic N) is 3. The summed E-state index contributed by atoms with van der Waals surface area (Å²) >= 11 is 1.37. The van der Waals surface area contributed by atoms with E-state index in [4.69, 9.17) is 4.74 Å². The van der Waals surface area contributed by atoms with Crippen LogP contribution >= 0.6 is 11.8 Å². The molecule has 1 aromatic carbocycles. The van der Waals surface area contributed by atoms with Gasteiger partial charge in [-0.3, -0.25) is 10.2 Å². The molecule has 7 nitrogen and oxygen atoms in total. The van der Waals surface area contributed by atoms with Crippen LogP contribution in [0, 0.1) is 0 Å². The highest BCUT2D eigenvalue weighted by Crippen LogP contribution is 2.46. The van der Waals surface area contributed by atoms with E-state index < -0.39 is 5.97 Å². The molecule has 8 heteroatoms. The number of esters is 1. The quantitative estimate of drug-likeness (QED) is 0.652. The number of ketones is 1. The Balaban J connectivity index is 1.72. The van der Waals surface area contributed by atoms with Crippen LogP contribution in [0.15, 0.2) is 35.4 Å². The van der Waals surface area contributed by atoms with Crippen LogP contribution < -0.4 is 5.43 Å². The lowest BCUT2D eigenvalue weighted by Gasteiger charge is -2.41. The molecule has 26 heavy (non-hydrogen) atoms. The molecule has 1 saturated carbocycles. The SMILES string of the molecule is CCOC(=O)c1nnn2c1SC(C(=O)c1ccccc1)C1(CCCC1)N2. The fourth-order valence-corrected chi connectivity index (χ4v) is 5.11. The summed E-state index contributed by atoms with van der Waals surface area (Å²) < 4.78 is 5.07. The van der Waals surface area contributed by atoms with Gasteiger partial charge in [0.15, 0.2) is 10.8 Å². The highest BCUT2D eigenvalue weighted by atomic mass is 32.2. The first-order valence-corrected chi connectivity index (χ1v) is 9.69. The molecule has 0 saturated heterocycles. The largest absolute Gasteiger partial charge is 0.461 e. The lowest BCUT2D eigenvalue weighted by Crippen LogP contribution is -2.55. The smallest absolute Gasteiger partial charge is 0.361 e. The Morgan fingerprint density at radius 2 is 2.04 bits per heavy atom. The molecular formula is C18H20N4O3S. The monoisotopic (exact) mass is 372 g/mol. The van der Waals surface area contributed by atoms with E-state index in [2.05, 4.69) is 15.7 Å². The van der Waals surface area contributed by atoms with Crippen molar-refractivity contribution in [2.75, 3.05) is 12.0 Å². The number of rotatable bonds is 4. The van der Waals surface area contributed by atoms with E-state index in [1.807, 2.05) is 30.3 Å². The molecule has 1 fully saturated rings. The first-order valence-electron chi connectivity index (χ1n) is 8.81. The second-order valence-corrected chi connectivity index (χ2v) is 7.67. The lowest BCUT2D eigenvalue weighted by molar-refractivity contribution is 0.0514. The van der Waals surface area contributed by atoms with E-state index in [1.165, 1.54) is 16.6 Å². The number of fused-ring (bicyclic) bond motifs is 1. The molecule has 2 aliphatic rings. The average molecular weight is 372 g/mol. The zero-order valence-corrected chi connectivity index (χ0v) is 15.3. The number of aromatic nitrogens is 3. The molecule has 1 aliphatic carbocycles. The van der Waals surface area contributed by atoms with Gasteiger partial charge in [0, 0.05) is 5.56 Å². The summed E-state index contributed by atoms with van der Waals surface area (Å²) in [4.78, 5) is 27.0. The van der Waals surface area contributed by atoms with Crippen LogP contribution in [0.1, 0.15) is 53.5 Å². The number of nitrogens with one attached hydrogen (secondary N) is 1. The number of carbonyl (C=O) groups excluding carboxylic acids is 2. The summed E-state index contributed by atoms with van der Waals surface area (Å²) in [5.41, 5.74) is 3.85. The number of benzene rings is 1. The molecule has 2 aromatic rings. The van der Waals surface area contributed by atoms with Gasteiger partial charge in [0.2, 0.25) is 5.69 Å². The normalized spacial score (nSPS) is 20.4. The maximum Gasteiger partial charge on any atom is 0.361 e. The van der Waals surface area contributed by atoms with Gasteiger partial charge in [-0.25, -0.2) is 4.79 Å². The van der Waals surface area contributed by atoms with E-state index in [9.17, 15) is 9.59 Å². The topological polar surface area (TPSA) is 86.1 Å². The highest BCUT2D eigenvalue weighted by molar-refractivity contribution is 8.00. The van der Waals surface area contributed by atoms with Crippen molar-refractivity contribution in [1.29, 1.82) is 0 Å². The zero-order valence-electron chi connectivity index (χ0n) is 14.5. The van der Waals surface area contributed by atoms with Crippen molar-refractivity contribution < 1.29 is 14.3 Å². The van der Waals surface area contributed by atoms with Crippen LogP contribution in [0.25, 0.3) is 0 Å². The minimum Gasteiger partial charge on any atom is -0.461 e. The number of carbonyl (C=O) groups is 2. The van der Waals surface area contributed by atoms with Gasteiger partial charge in [-0.2, -0.15) is 4.79 Å². The van der Waals surface area contributed by atoms with Crippen LogP contribution in [0.4, 0.5) is 0 Å². The van der Waals surface area contributed by atoms with Gasteiger partial charge in [0.05, 0.1) is 17.4 Å². The minimum atomic E-state index is -0.517. The maximum absolute atomic E-state index is 13.3. The number of ether oxygens (including phenoxy) is 1. The van der Waals surface area contributed by atoms with Gasteiger partial charge < -0.3 is 4.74 Å². The molecule has 136 valence electrons. The molecule has 1 aliphatic heterocycles. The van der Waals surface area contributed by atoms with Crippen molar-refractivity contribution >= 4 is 23.5 Å². The maximum atomic E-state index is 13.3. The molecule has 1 spiro atoms. The standard InChI is InChI=1S/C18H20N4O3S/c1-2-25-17(24)13-16-22(21-19-13)20-18(10-6-7-11-18)15(26-16)14(23)12-8-4-3-5-9-12/h3-5,8-9,15,20H,2,6-7,10-11H2,1H3. The van der Waals surface area contributed by atoms with Crippen molar-refractivity contribution in [1.82, 2.24) is 15.1 Å². The van der Waals surface area contributed by atoms with Gasteiger partial charge >= 0.3 is 5.97 Å². The summed E-state index contributed by atoms with van der Waals surface area (Å²) in [6.07, 6.45) is 3.89. The van der Waals surface area contributed by atoms with E-state index >= 15 is 0 Å². The van der Waals surface area contributed by atoms with Crippen molar-refractivity contribution in [3.8, 4) is 0 Å². The molecule has 0 bridgehead atoms. The molecule has 2 heterocycles. The molecule has 4 rings (SSSR count). The Labute approximate surface area is 155 Å². The molecule has 0 radical (unpaired) electrons. The molecule has 0 amide bonds. The Kier molecular flexibility index (Phi) is 4.44. The van der Waals surface area contributed by atoms with E-state index in [-0.39, 0.29) is 28.9 Å². The fraction of sp³-hybridized carbons (Fsp3) is 0.444. The minimum absolute atomic E-state index is 0.0623. The van der Waals surface area contributed by atoms with Crippen molar-refractivity contribution in [2.45, 2.75) is 48.4 Å². The first kappa shape index (κ1) is 17.1. The lowest BCUT2D eigenvalue weighted by atomic mass is 9.88. The van der Waals surface area contributed by atoms with Crippen molar-refractivity contribution in [3.63, 3.8) is 0 Å². The Bertz CT molecular complexity index is 830. The molecule has 1 atom stereocenters. The molecule has 1 unspecified atom stereocenters. The van der Waals surface area contributed by atoms with Gasteiger partial charge in [-0.05, 0) is 25.0 Å². The second kappa shape index (κ2) is 6.75. The van der Waals surface area contributed by atoms with Crippen LogP contribution in [-0.4, -0.2) is 44.3 Å². The molecular weight excluding hydrogens is 352 g/mol. The van der Waals surface area contributed by atoms with E-state index in [0.717, 1.165) is 25.7 Å². The molecule has 1 N–H and O–H groups in total. The van der Waals surface area contributed by atoms with Crippen molar-refractivity contribution in [3.05, 3.63) is 41.6 Å². The van der Waals surface area contributed by atoms with Crippen LogP contribution in [-0.2, 0) is 4.74 Å².